The number of halogens is 1. The average Bonchev–Trinajstić information content (AvgIpc) is 2.75. The molecule has 3 rings (SSSR count). The van der Waals surface area contributed by atoms with Crippen molar-refractivity contribution in [3.63, 3.8) is 0 Å². The Bertz CT molecular complexity index is 505. The molecule has 5 heteroatoms. The van der Waals surface area contributed by atoms with E-state index in [1.165, 1.54) is 0 Å². The zero-order chi connectivity index (χ0) is 11.0. The van der Waals surface area contributed by atoms with Crippen LogP contribution in [0.15, 0.2) is 24.5 Å². The van der Waals surface area contributed by atoms with Crippen molar-refractivity contribution in [3.8, 4) is 0 Å². The first-order valence-corrected chi connectivity index (χ1v) is 5.66. The fraction of sp³-hybridized carbons (Fsp3) is 0.364. The summed E-state index contributed by atoms with van der Waals surface area (Å²) in [7, 11) is 0. The molecule has 1 unspecified atom stereocenters. The maximum Gasteiger partial charge on any atom is 0.132 e. The predicted molar refractivity (Wildman–Crippen MR) is 61.8 cm³/mol. The molecular weight excluding hydrogens is 226 g/mol. The number of pyridine rings is 1. The second kappa shape index (κ2) is 4.05. The van der Waals surface area contributed by atoms with Gasteiger partial charge in [0.05, 0.1) is 36.0 Å². The summed E-state index contributed by atoms with van der Waals surface area (Å²) in [5.74, 6) is 0.956. The maximum atomic E-state index is 6.10. The van der Waals surface area contributed by atoms with Crippen LogP contribution >= 0.6 is 11.6 Å². The third-order valence-electron chi connectivity index (χ3n) is 2.78. The van der Waals surface area contributed by atoms with Crippen molar-refractivity contribution in [3.05, 3.63) is 35.4 Å². The number of morpholine rings is 1. The van der Waals surface area contributed by atoms with Crippen LogP contribution in [-0.4, -0.2) is 29.1 Å². The molecule has 84 valence electrons. The van der Waals surface area contributed by atoms with Gasteiger partial charge < -0.3 is 14.5 Å². The van der Waals surface area contributed by atoms with E-state index >= 15 is 0 Å². The first-order valence-electron chi connectivity index (χ1n) is 5.29. The maximum absolute atomic E-state index is 6.10. The molecule has 1 saturated heterocycles. The van der Waals surface area contributed by atoms with E-state index in [0.29, 0.717) is 6.61 Å². The summed E-state index contributed by atoms with van der Waals surface area (Å²) in [5.41, 5.74) is 0.937. The fourth-order valence-corrected chi connectivity index (χ4v) is 2.21. The molecule has 0 bridgehead atoms. The van der Waals surface area contributed by atoms with Crippen molar-refractivity contribution >= 4 is 17.1 Å². The summed E-state index contributed by atoms with van der Waals surface area (Å²) >= 11 is 6.10. The molecular formula is C11H12ClN3O. The first kappa shape index (κ1) is 10.1. The predicted octanol–water partition coefficient (Wildman–Crippen LogP) is 1.65. The van der Waals surface area contributed by atoms with Gasteiger partial charge in [-0.15, -0.1) is 0 Å². The van der Waals surface area contributed by atoms with E-state index < -0.39 is 0 Å². The highest BCUT2D eigenvalue weighted by Gasteiger charge is 2.20. The van der Waals surface area contributed by atoms with Crippen molar-refractivity contribution in [2.75, 3.05) is 19.8 Å². The van der Waals surface area contributed by atoms with E-state index in [4.69, 9.17) is 16.3 Å². The van der Waals surface area contributed by atoms with Gasteiger partial charge in [0.1, 0.15) is 5.82 Å². The minimum Gasteiger partial charge on any atom is -0.378 e. The Balaban J connectivity index is 2.06. The van der Waals surface area contributed by atoms with Gasteiger partial charge in [-0.3, -0.25) is 0 Å². The molecule has 0 aliphatic carbocycles. The van der Waals surface area contributed by atoms with Gasteiger partial charge in [-0.2, -0.15) is 0 Å². The summed E-state index contributed by atoms with van der Waals surface area (Å²) < 4.78 is 7.44. The lowest BCUT2D eigenvalue weighted by atomic mass is 10.2. The van der Waals surface area contributed by atoms with Crippen molar-refractivity contribution in [1.29, 1.82) is 0 Å². The van der Waals surface area contributed by atoms with Crippen LogP contribution in [0.1, 0.15) is 11.9 Å². The van der Waals surface area contributed by atoms with Crippen LogP contribution in [0.3, 0.4) is 0 Å². The first-order chi connectivity index (χ1) is 7.86. The van der Waals surface area contributed by atoms with Crippen LogP contribution in [0, 0.1) is 0 Å². The van der Waals surface area contributed by atoms with E-state index in [1.807, 2.05) is 22.7 Å². The molecule has 0 radical (unpaired) electrons. The number of hydrogen-bond acceptors (Lipinski definition) is 3. The zero-order valence-corrected chi connectivity index (χ0v) is 9.44. The number of nitrogens with zero attached hydrogens (tertiary/aromatic N) is 2. The molecule has 16 heavy (non-hydrogen) atoms. The van der Waals surface area contributed by atoms with Crippen LogP contribution < -0.4 is 5.32 Å². The molecule has 0 spiro atoms. The highest BCUT2D eigenvalue weighted by Crippen LogP contribution is 2.21. The third-order valence-corrected chi connectivity index (χ3v) is 3.10. The molecule has 0 amide bonds. The molecule has 1 fully saturated rings. The number of imidazole rings is 1. The molecule has 1 aliphatic rings. The molecule has 1 atom stereocenters. The fourth-order valence-electron chi connectivity index (χ4n) is 2.00. The molecule has 3 heterocycles. The third kappa shape index (κ3) is 1.59. The van der Waals surface area contributed by atoms with Crippen LogP contribution in [0.25, 0.3) is 5.52 Å². The van der Waals surface area contributed by atoms with Gasteiger partial charge in [0.15, 0.2) is 0 Å². The smallest absolute Gasteiger partial charge is 0.132 e. The SMILES string of the molecule is Clc1cccn2c(C3COCCN3)ncc12. The lowest BCUT2D eigenvalue weighted by Crippen LogP contribution is -2.35. The van der Waals surface area contributed by atoms with E-state index in [-0.39, 0.29) is 6.04 Å². The molecule has 4 nitrogen and oxygen atoms in total. The van der Waals surface area contributed by atoms with Crippen LogP contribution in [0.4, 0.5) is 0 Å². The van der Waals surface area contributed by atoms with E-state index in [9.17, 15) is 0 Å². The number of ether oxygens (including phenoxy) is 1. The van der Waals surface area contributed by atoms with Gasteiger partial charge in [-0.25, -0.2) is 4.98 Å². The summed E-state index contributed by atoms with van der Waals surface area (Å²) in [4.78, 5) is 4.42. The number of hydrogen-bond donors (Lipinski definition) is 1. The van der Waals surface area contributed by atoms with Crippen molar-refractivity contribution in [2.45, 2.75) is 6.04 Å². The van der Waals surface area contributed by atoms with Crippen LogP contribution in [0.2, 0.25) is 5.02 Å². The number of fused-ring (bicyclic) bond motifs is 1. The van der Waals surface area contributed by atoms with Gasteiger partial charge in [-0.05, 0) is 12.1 Å². The largest absolute Gasteiger partial charge is 0.378 e. The second-order valence-electron chi connectivity index (χ2n) is 3.81. The minimum atomic E-state index is 0.148. The van der Waals surface area contributed by atoms with Crippen molar-refractivity contribution in [2.24, 2.45) is 0 Å². The van der Waals surface area contributed by atoms with E-state index in [2.05, 4.69) is 10.3 Å². The zero-order valence-electron chi connectivity index (χ0n) is 8.69. The van der Waals surface area contributed by atoms with Gasteiger partial charge in [-0.1, -0.05) is 11.6 Å². The molecule has 2 aromatic heterocycles. The van der Waals surface area contributed by atoms with Crippen LogP contribution in [0.5, 0.6) is 0 Å². The quantitative estimate of drug-likeness (QED) is 0.820. The van der Waals surface area contributed by atoms with E-state index in [1.54, 1.807) is 6.20 Å². The Morgan fingerprint density at radius 2 is 2.50 bits per heavy atom. The van der Waals surface area contributed by atoms with Gasteiger partial charge in [0, 0.05) is 12.7 Å². The molecule has 0 saturated carbocycles. The second-order valence-corrected chi connectivity index (χ2v) is 4.22. The molecule has 1 aliphatic heterocycles. The molecule has 0 aromatic carbocycles. The Hall–Kier alpha value is -1.10. The minimum absolute atomic E-state index is 0.148. The van der Waals surface area contributed by atoms with Crippen molar-refractivity contribution in [1.82, 2.24) is 14.7 Å². The summed E-state index contributed by atoms with van der Waals surface area (Å²) in [5, 5.41) is 4.10. The van der Waals surface area contributed by atoms with Gasteiger partial charge >= 0.3 is 0 Å². The van der Waals surface area contributed by atoms with Crippen molar-refractivity contribution < 1.29 is 4.74 Å². The average molecular weight is 238 g/mol. The van der Waals surface area contributed by atoms with E-state index in [0.717, 1.165) is 29.5 Å². The highest BCUT2D eigenvalue weighted by atomic mass is 35.5. The van der Waals surface area contributed by atoms with Crippen LogP contribution in [-0.2, 0) is 4.74 Å². The molecule has 2 aromatic rings. The van der Waals surface area contributed by atoms with Gasteiger partial charge in [0.25, 0.3) is 0 Å². The highest BCUT2D eigenvalue weighted by molar-refractivity contribution is 6.33. The summed E-state index contributed by atoms with van der Waals surface area (Å²) in [6, 6.07) is 3.94. The lowest BCUT2D eigenvalue weighted by molar-refractivity contribution is 0.0740. The lowest BCUT2D eigenvalue weighted by Gasteiger charge is -2.22. The Kier molecular flexibility index (Phi) is 2.55. The number of nitrogens with one attached hydrogen (secondary N) is 1. The summed E-state index contributed by atoms with van der Waals surface area (Å²) in [6.07, 6.45) is 3.77. The topological polar surface area (TPSA) is 38.6 Å². The van der Waals surface area contributed by atoms with Gasteiger partial charge in [0.2, 0.25) is 0 Å². The summed E-state index contributed by atoms with van der Waals surface area (Å²) in [6.45, 7) is 2.28. The normalized spacial score (nSPS) is 21.4. The Morgan fingerprint density at radius 1 is 1.56 bits per heavy atom. The number of aromatic nitrogens is 2. The monoisotopic (exact) mass is 237 g/mol. The standard InChI is InChI=1S/C11H12ClN3O/c12-8-2-1-4-15-10(8)6-14-11(15)9-7-16-5-3-13-9/h1-2,4,6,9,13H,3,5,7H2. The Labute approximate surface area is 98.2 Å². The number of rotatable bonds is 1. The molecule has 1 N–H and O–H groups in total. The Morgan fingerprint density at radius 3 is 3.31 bits per heavy atom.